The summed E-state index contributed by atoms with van der Waals surface area (Å²) in [5.41, 5.74) is 4.05. The van der Waals surface area contributed by atoms with Gasteiger partial charge in [0.15, 0.2) is 0 Å². The predicted molar refractivity (Wildman–Crippen MR) is 90.7 cm³/mol. The summed E-state index contributed by atoms with van der Waals surface area (Å²) in [6.07, 6.45) is 1.72. The Morgan fingerprint density at radius 2 is 1.67 bits per heavy atom. The minimum Gasteiger partial charge on any atom is -0.393 e. The molecule has 0 aliphatic rings. The Kier molecular flexibility index (Phi) is 7.94. The SMILES string of the molecule is CCNC(CCN(C)CCC(C)O)c1cc(C)cc(C)c1. The van der Waals surface area contributed by atoms with Gasteiger partial charge in [-0.05, 0) is 59.3 Å². The molecule has 0 fully saturated rings. The van der Waals surface area contributed by atoms with Crippen molar-refractivity contribution in [2.24, 2.45) is 0 Å². The van der Waals surface area contributed by atoms with Crippen LogP contribution >= 0.6 is 0 Å². The molecule has 1 aromatic rings. The molecule has 3 nitrogen and oxygen atoms in total. The summed E-state index contributed by atoms with van der Waals surface area (Å²) in [5, 5.41) is 13.0. The molecule has 0 amide bonds. The van der Waals surface area contributed by atoms with Gasteiger partial charge in [-0.1, -0.05) is 36.2 Å². The van der Waals surface area contributed by atoms with E-state index in [9.17, 15) is 5.11 Å². The Morgan fingerprint density at radius 3 is 2.19 bits per heavy atom. The summed E-state index contributed by atoms with van der Waals surface area (Å²) in [6.45, 7) is 11.3. The maximum atomic E-state index is 9.36. The summed E-state index contributed by atoms with van der Waals surface area (Å²) in [6, 6.07) is 7.20. The first-order valence-electron chi connectivity index (χ1n) is 8.10. The molecule has 21 heavy (non-hydrogen) atoms. The monoisotopic (exact) mass is 292 g/mol. The van der Waals surface area contributed by atoms with Crippen molar-refractivity contribution in [1.29, 1.82) is 0 Å². The fourth-order valence-electron chi connectivity index (χ4n) is 2.71. The molecule has 3 heteroatoms. The molecule has 0 spiro atoms. The van der Waals surface area contributed by atoms with Crippen LogP contribution in [0.5, 0.6) is 0 Å². The second kappa shape index (κ2) is 9.19. The van der Waals surface area contributed by atoms with Crippen molar-refractivity contribution in [3.8, 4) is 0 Å². The first kappa shape index (κ1) is 18.1. The molecule has 2 unspecified atom stereocenters. The van der Waals surface area contributed by atoms with Gasteiger partial charge in [0.1, 0.15) is 0 Å². The van der Waals surface area contributed by atoms with Gasteiger partial charge in [0.05, 0.1) is 6.10 Å². The number of aryl methyl sites for hydroxylation is 2. The van der Waals surface area contributed by atoms with Gasteiger partial charge in [-0.2, -0.15) is 0 Å². The molecule has 0 bridgehead atoms. The van der Waals surface area contributed by atoms with Crippen LogP contribution in [0.15, 0.2) is 18.2 Å². The zero-order valence-corrected chi connectivity index (χ0v) is 14.3. The number of nitrogens with one attached hydrogen (secondary N) is 1. The van der Waals surface area contributed by atoms with Crippen LogP contribution in [0, 0.1) is 13.8 Å². The van der Waals surface area contributed by atoms with E-state index in [-0.39, 0.29) is 6.10 Å². The molecule has 1 rings (SSSR count). The normalized spacial score (nSPS) is 14.4. The summed E-state index contributed by atoms with van der Waals surface area (Å²) >= 11 is 0. The molecule has 0 heterocycles. The van der Waals surface area contributed by atoms with Crippen molar-refractivity contribution in [2.75, 3.05) is 26.7 Å². The van der Waals surface area contributed by atoms with E-state index in [4.69, 9.17) is 0 Å². The zero-order valence-electron chi connectivity index (χ0n) is 14.3. The van der Waals surface area contributed by atoms with Crippen LogP contribution in [0.25, 0.3) is 0 Å². The van der Waals surface area contributed by atoms with E-state index in [1.807, 2.05) is 6.92 Å². The highest BCUT2D eigenvalue weighted by Gasteiger charge is 2.12. The summed E-state index contributed by atoms with van der Waals surface area (Å²) in [7, 11) is 2.13. The van der Waals surface area contributed by atoms with Crippen LogP contribution in [0.3, 0.4) is 0 Å². The van der Waals surface area contributed by atoms with Crippen LogP contribution in [-0.4, -0.2) is 42.8 Å². The van der Waals surface area contributed by atoms with Gasteiger partial charge in [-0.3, -0.25) is 0 Å². The molecule has 0 aliphatic carbocycles. The lowest BCUT2D eigenvalue weighted by Crippen LogP contribution is -2.29. The Hall–Kier alpha value is -0.900. The summed E-state index contributed by atoms with van der Waals surface area (Å²) in [5.74, 6) is 0. The van der Waals surface area contributed by atoms with Crippen LogP contribution < -0.4 is 5.32 Å². The Morgan fingerprint density at radius 1 is 1.10 bits per heavy atom. The lowest BCUT2D eigenvalue weighted by Gasteiger charge is -2.23. The largest absolute Gasteiger partial charge is 0.393 e. The second-order valence-corrected chi connectivity index (χ2v) is 6.26. The molecule has 0 saturated carbocycles. The maximum Gasteiger partial charge on any atom is 0.0524 e. The van der Waals surface area contributed by atoms with Gasteiger partial charge in [0, 0.05) is 12.6 Å². The number of nitrogens with zero attached hydrogens (tertiary/aromatic N) is 1. The Balaban J connectivity index is 2.60. The first-order valence-corrected chi connectivity index (χ1v) is 8.10. The third kappa shape index (κ3) is 7.07. The van der Waals surface area contributed by atoms with Crippen molar-refractivity contribution in [3.63, 3.8) is 0 Å². The molecule has 0 aromatic heterocycles. The van der Waals surface area contributed by atoms with E-state index < -0.39 is 0 Å². The molecule has 2 atom stereocenters. The Labute approximate surface area is 130 Å². The van der Waals surface area contributed by atoms with Gasteiger partial charge >= 0.3 is 0 Å². The molecule has 0 radical (unpaired) electrons. The van der Waals surface area contributed by atoms with E-state index in [0.29, 0.717) is 6.04 Å². The summed E-state index contributed by atoms with van der Waals surface area (Å²) < 4.78 is 0. The topological polar surface area (TPSA) is 35.5 Å². The van der Waals surface area contributed by atoms with Crippen molar-refractivity contribution in [3.05, 3.63) is 34.9 Å². The van der Waals surface area contributed by atoms with E-state index >= 15 is 0 Å². The van der Waals surface area contributed by atoms with Gasteiger partial charge in [-0.15, -0.1) is 0 Å². The third-order valence-electron chi connectivity index (χ3n) is 3.82. The predicted octanol–water partition coefficient (Wildman–Crippen LogP) is 3.05. The lowest BCUT2D eigenvalue weighted by atomic mass is 9.99. The van der Waals surface area contributed by atoms with E-state index in [1.54, 1.807) is 0 Å². The van der Waals surface area contributed by atoms with Crippen molar-refractivity contribution >= 4 is 0 Å². The van der Waals surface area contributed by atoms with Gasteiger partial charge in [0.25, 0.3) is 0 Å². The highest BCUT2D eigenvalue weighted by atomic mass is 16.3. The van der Waals surface area contributed by atoms with E-state index in [0.717, 1.165) is 32.5 Å². The average Bonchev–Trinajstić information content (AvgIpc) is 2.40. The van der Waals surface area contributed by atoms with E-state index in [2.05, 4.69) is 56.2 Å². The van der Waals surface area contributed by atoms with Crippen molar-refractivity contribution in [2.45, 2.75) is 52.7 Å². The summed E-state index contributed by atoms with van der Waals surface area (Å²) in [4.78, 5) is 2.31. The highest BCUT2D eigenvalue weighted by molar-refractivity contribution is 5.30. The zero-order chi connectivity index (χ0) is 15.8. The molecule has 2 N–H and O–H groups in total. The third-order valence-corrected chi connectivity index (χ3v) is 3.82. The highest BCUT2D eigenvalue weighted by Crippen LogP contribution is 2.20. The number of hydrogen-bond donors (Lipinski definition) is 2. The standard InChI is InChI=1S/C18H32N2O/c1-6-19-18(8-10-20(5)9-7-16(4)21)17-12-14(2)11-15(3)13-17/h11-13,16,18-19,21H,6-10H2,1-5H3. The minimum atomic E-state index is -0.212. The molecule has 0 aliphatic heterocycles. The first-order chi connectivity index (χ1) is 9.92. The average molecular weight is 292 g/mol. The van der Waals surface area contributed by atoms with Crippen LogP contribution in [0.2, 0.25) is 0 Å². The fraction of sp³-hybridized carbons (Fsp3) is 0.667. The quantitative estimate of drug-likeness (QED) is 0.734. The molecule has 0 saturated heterocycles. The maximum absolute atomic E-state index is 9.36. The van der Waals surface area contributed by atoms with Crippen LogP contribution in [0.4, 0.5) is 0 Å². The number of rotatable bonds is 9. The molecular weight excluding hydrogens is 260 g/mol. The number of aliphatic hydroxyl groups is 1. The smallest absolute Gasteiger partial charge is 0.0524 e. The van der Waals surface area contributed by atoms with Gasteiger partial charge in [-0.25, -0.2) is 0 Å². The second-order valence-electron chi connectivity index (χ2n) is 6.26. The van der Waals surface area contributed by atoms with Gasteiger partial charge < -0.3 is 15.3 Å². The molecule has 120 valence electrons. The fourth-order valence-corrected chi connectivity index (χ4v) is 2.71. The number of benzene rings is 1. The number of hydrogen-bond acceptors (Lipinski definition) is 3. The minimum absolute atomic E-state index is 0.212. The van der Waals surface area contributed by atoms with E-state index in [1.165, 1.54) is 16.7 Å². The number of aliphatic hydroxyl groups excluding tert-OH is 1. The lowest BCUT2D eigenvalue weighted by molar-refractivity contribution is 0.163. The molecule has 1 aromatic carbocycles. The van der Waals surface area contributed by atoms with Crippen LogP contribution in [-0.2, 0) is 0 Å². The van der Waals surface area contributed by atoms with Crippen molar-refractivity contribution in [1.82, 2.24) is 10.2 Å². The van der Waals surface area contributed by atoms with Crippen molar-refractivity contribution < 1.29 is 5.11 Å². The van der Waals surface area contributed by atoms with Gasteiger partial charge in [0.2, 0.25) is 0 Å². The molecular formula is C18H32N2O. The Bertz CT molecular complexity index is 397. The van der Waals surface area contributed by atoms with Crippen LogP contribution in [0.1, 0.15) is 49.4 Å².